The van der Waals surface area contributed by atoms with E-state index in [4.69, 9.17) is 16.1 Å². The van der Waals surface area contributed by atoms with E-state index in [9.17, 15) is 4.79 Å². The lowest BCUT2D eigenvalue weighted by Gasteiger charge is -2.35. The second-order valence-corrected chi connectivity index (χ2v) is 6.71. The lowest BCUT2D eigenvalue weighted by atomic mass is 10.1. The number of hydrogen-bond acceptors (Lipinski definition) is 6. The predicted molar refractivity (Wildman–Crippen MR) is 102 cm³/mol. The molecule has 0 saturated carbocycles. The summed E-state index contributed by atoms with van der Waals surface area (Å²) >= 11 is 6.14. The number of rotatable bonds is 3. The smallest absolute Gasteiger partial charge is 0.255 e. The van der Waals surface area contributed by atoms with Crippen LogP contribution in [0.3, 0.4) is 0 Å². The standard InChI is InChI=1S/C19H18ClN5O2/c1-13-22-18(23-27-13)14-6-7-17(21-12-14)24-8-10-25(11-9-24)19(26)15-4-2-3-5-16(15)20/h2-7,12H,8-11H2,1H3. The fraction of sp³-hybridized carbons (Fsp3) is 0.263. The normalized spacial score (nSPS) is 14.4. The maximum atomic E-state index is 12.7. The van der Waals surface area contributed by atoms with Crippen LogP contribution in [0.15, 0.2) is 47.1 Å². The van der Waals surface area contributed by atoms with E-state index in [1.807, 2.05) is 29.2 Å². The summed E-state index contributed by atoms with van der Waals surface area (Å²) in [6, 6.07) is 11.0. The van der Waals surface area contributed by atoms with E-state index in [0.717, 1.165) is 11.4 Å². The van der Waals surface area contributed by atoms with Crippen molar-refractivity contribution in [2.75, 3.05) is 31.1 Å². The summed E-state index contributed by atoms with van der Waals surface area (Å²) in [5.74, 6) is 1.88. The third kappa shape index (κ3) is 3.64. The molecule has 4 rings (SSSR count). The lowest BCUT2D eigenvalue weighted by Crippen LogP contribution is -2.49. The SMILES string of the molecule is Cc1nc(-c2ccc(N3CCN(C(=O)c4ccccc4Cl)CC3)nc2)no1. The van der Waals surface area contributed by atoms with Gasteiger partial charge >= 0.3 is 0 Å². The Morgan fingerprint density at radius 3 is 2.52 bits per heavy atom. The fourth-order valence-corrected chi connectivity index (χ4v) is 3.28. The van der Waals surface area contributed by atoms with Crippen molar-refractivity contribution >= 4 is 23.3 Å². The van der Waals surface area contributed by atoms with Crippen molar-refractivity contribution in [2.24, 2.45) is 0 Å². The minimum atomic E-state index is -0.0315. The number of aryl methyl sites for hydroxylation is 1. The summed E-state index contributed by atoms with van der Waals surface area (Å²) in [4.78, 5) is 25.3. The van der Waals surface area contributed by atoms with Crippen LogP contribution in [0.25, 0.3) is 11.4 Å². The second kappa shape index (κ2) is 7.36. The van der Waals surface area contributed by atoms with E-state index in [2.05, 4.69) is 20.0 Å². The maximum Gasteiger partial charge on any atom is 0.255 e. The molecule has 1 fully saturated rings. The molecule has 0 bridgehead atoms. The van der Waals surface area contributed by atoms with Crippen molar-refractivity contribution in [3.8, 4) is 11.4 Å². The molecule has 7 nitrogen and oxygen atoms in total. The third-order valence-electron chi connectivity index (χ3n) is 4.53. The molecule has 0 spiro atoms. The molecule has 8 heteroatoms. The van der Waals surface area contributed by atoms with E-state index in [1.165, 1.54) is 0 Å². The number of carbonyl (C=O) groups is 1. The number of piperazine rings is 1. The molecule has 1 aliphatic rings. The monoisotopic (exact) mass is 383 g/mol. The molecule has 3 aromatic rings. The fourth-order valence-electron chi connectivity index (χ4n) is 3.07. The van der Waals surface area contributed by atoms with Gasteiger partial charge in [0.15, 0.2) is 0 Å². The first-order valence-corrected chi connectivity index (χ1v) is 9.05. The molecule has 138 valence electrons. The summed E-state index contributed by atoms with van der Waals surface area (Å²) in [6.45, 7) is 4.42. The van der Waals surface area contributed by atoms with Gasteiger partial charge in [0, 0.05) is 44.9 Å². The predicted octanol–water partition coefficient (Wildman–Crippen LogP) is 3.06. The zero-order chi connectivity index (χ0) is 18.8. The summed E-state index contributed by atoms with van der Waals surface area (Å²) in [5, 5.41) is 4.38. The van der Waals surface area contributed by atoms with Crippen LogP contribution in [-0.4, -0.2) is 52.1 Å². The molecule has 0 radical (unpaired) electrons. The Morgan fingerprint density at radius 2 is 1.89 bits per heavy atom. The van der Waals surface area contributed by atoms with Crippen LogP contribution in [0.2, 0.25) is 5.02 Å². The first-order chi connectivity index (χ1) is 13.1. The molecular weight excluding hydrogens is 366 g/mol. The zero-order valence-corrected chi connectivity index (χ0v) is 15.6. The van der Waals surface area contributed by atoms with Crippen LogP contribution in [0.1, 0.15) is 16.2 Å². The maximum absolute atomic E-state index is 12.7. The minimum Gasteiger partial charge on any atom is -0.353 e. The molecular formula is C19H18ClN5O2. The number of halogens is 1. The molecule has 2 aromatic heterocycles. The Hall–Kier alpha value is -2.93. The highest BCUT2D eigenvalue weighted by molar-refractivity contribution is 6.33. The van der Waals surface area contributed by atoms with E-state index in [0.29, 0.717) is 48.5 Å². The van der Waals surface area contributed by atoms with Crippen LogP contribution < -0.4 is 4.90 Å². The third-order valence-corrected chi connectivity index (χ3v) is 4.86. The van der Waals surface area contributed by atoms with Gasteiger partial charge in [-0.25, -0.2) is 4.98 Å². The first kappa shape index (κ1) is 17.5. The largest absolute Gasteiger partial charge is 0.353 e. The molecule has 0 aliphatic carbocycles. The molecule has 0 N–H and O–H groups in total. The van der Waals surface area contributed by atoms with Gasteiger partial charge in [-0.05, 0) is 24.3 Å². The Bertz CT molecular complexity index is 949. The van der Waals surface area contributed by atoms with Crippen LogP contribution >= 0.6 is 11.6 Å². The average molecular weight is 384 g/mol. The molecule has 3 heterocycles. The summed E-state index contributed by atoms with van der Waals surface area (Å²) < 4.78 is 5.00. The minimum absolute atomic E-state index is 0.0315. The van der Waals surface area contributed by atoms with Gasteiger partial charge in [0.1, 0.15) is 5.82 Å². The number of pyridine rings is 1. The van der Waals surface area contributed by atoms with Crippen molar-refractivity contribution in [2.45, 2.75) is 6.92 Å². The molecule has 27 heavy (non-hydrogen) atoms. The summed E-state index contributed by atoms with van der Waals surface area (Å²) in [7, 11) is 0. The van der Waals surface area contributed by atoms with Crippen molar-refractivity contribution in [1.82, 2.24) is 20.0 Å². The second-order valence-electron chi connectivity index (χ2n) is 6.30. The van der Waals surface area contributed by atoms with Crippen LogP contribution in [0, 0.1) is 6.92 Å². The Morgan fingerprint density at radius 1 is 1.11 bits per heavy atom. The number of benzene rings is 1. The highest BCUT2D eigenvalue weighted by atomic mass is 35.5. The van der Waals surface area contributed by atoms with Gasteiger partial charge in [-0.2, -0.15) is 4.98 Å². The van der Waals surface area contributed by atoms with Gasteiger partial charge in [-0.3, -0.25) is 4.79 Å². The van der Waals surface area contributed by atoms with E-state index in [-0.39, 0.29) is 5.91 Å². The van der Waals surface area contributed by atoms with Gasteiger partial charge in [0.05, 0.1) is 10.6 Å². The van der Waals surface area contributed by atoms with Crippen LogP contribution in [0.4, 0.5) is 5.82 Å². The van der Waals surface area contributed by atoms with Crippen LogP contribution in [0.5, 0.6) is 0 Å². The lowest BCUT2D eigenvalue weighted by molar-refractivity contribution is 0.0746. The topological polar surface area (TPSA) is 75.4 Å². The van der Waals surface area contributed by atoms with E-state index in [1.54, 1.807) is 25.3 Å². The number of amides is 1. The highest BCUT2D eigenvalue weighted by Crippen LogP contribution is 2.21. The van der Waals surface area contributed by atoms with Crippen molar-refractivity contribution in [1.29, 1.82) is 0 Å². The number of nitrogens with zero attached hydrogens (tertiary/aromatic N) is 5. The van der Waals surface area contributed by atoms with Crippen LogP contribution in [-0.2, 0) is 0 Å². The Kier molecular flexibility index (Phi) is 4.77. The van der Waals surface area contributed by atoms with Crippen molar-refractivity contribution in [3.63, 3.8) is 0 Å². The molecule has 1 aliphatic heterocycles. The van der Waals surface area contributed by atoms with E-state index < -0.39 is 0 Å². The Labute approximate surface area is 161 Å². The van der Waals surface area contributed by atoms with Crippen molar-refractivity contribution < 1.29 is 9.32 Å². The summed E-state index contributed by atoms with van der Waals surface area (Å²) in [5.41, 5.74) is 1.36. The number of anilines is 1. The molecule has 0 unspecified atom stereocenters. The molecule has 1 aromatic carbocycles. The van der Waals surface area contributed by atoms with E-state index >= 15 is 0 Å². The molecule has 1 amide bonds. The highest BCUT2D eigenvalue weighted by Gasteiger charge is 2.24. The number of aromatic nitrogens is 3. The van der Waals surface area contributed by atoms with Crippen molar-refractivity contribution in [3.05, 3.63) is 59.1 Å². The molecule has 1 saturated heterocycles. The Balaban J connectivity index is 1.40. The quantitative estimate of drug-likeness (QED) is 0.692. The molecule has 0 atom stereocenters. The summed E-state index contributed by atoms with van der Waals surface area (Å²) in [6.07, 6.45) is 1.74. The van der Waals surface area contributed by atoms with Gasteiger partial charge < -0.3 is 14.3 Å². The zero-order valence-electron chi connectivity index (χ0n) is 14.8. The number of carbonyl (C=O) groups excluding carboxylic acids is 1. The van der Waals surface area contributed by atoms with Gasteiger partial charge in [-0.1, -0.05) is 28.9 Å². The first-order valence-electron chi connectivity index (χ1n) is 8.67. The van der Waals surface area contributed by atoms with Gasteiger partial charge in [0.25, 0.3) is 5.91 Å². The average Bonchev–Trinajstić information content (AvgIpc) is 3.14. The van der Waals surface area contributed by atoms with Gasteiger partial charge in [0.2, 0.25) is 11.7 Å². The van der Waals surface area contributed by atoms with Gasteiger partial charge in [-0.15, -0.1) is 0 Å². The number of hydrogen-bond donors (Lipinski definition) is 0.